The van der Waals surface area contributed by atoms with E-state index in [2.05, 4.69) is 10.0 Å². The Hall–Kier alpha value is -2.18. The van der Waals surface area contributed by atoms with Crippen LogP contribution in [0.4, 0.5) is 5.69 Å². The van der Waals surface area contributed by atoms with E-state index in [1.165, 1.54) is 13.1 Å². The lowest BCUT2D eigenvalue weighted by atomic mass is 10.1. The summed E-state index contributed by atoms with van der Waals surface area (Å²) in [5.41, 5.74) is 3.44. The summed E-state index contributed by atoms with van der Waals surface area (Å²) in [5.74, 6) is -0.343. The number of anilines is 1. The lowest BCUT2D eigenvalue weighted by Crippen LogP contribution is -2.21. The summed E-state index contributed by atoms with van der Waals surface area (Å²) in [6.07, 6.45) is 0. The highest BCUT2D eigenvalue weighted by Gasteiger charge is 2.19. The van der Waals surface area contributed by atoms with Gasteiger partial charge in [-0.3, -0.25) is 4.79 Å². The molecule has 0 atom stereocenters. The van der Waals surface area contributed by atoms with Crippen molar-refractivity contribution >= 4 is 21.6 Å². The minimum absolute atomic E-state index is 0.119. The molecule has 6 heteroatoms. The molecule has 0 fully saturated rings. The van der Waals surface area contributed by atoms with Gasteiger partial charge < -0.3 is 5.32 Å². The van der Waals surface area contributed by atoms with Crippen molar-refractivity contribution in [2.75, 3.05) is 12.4 Å². The summed E-state index contributed by atoms with van der Waals surface area (Å²) in [4.78, 5) is 12.5. The number of hydrogen-bond donors (Lipinski definition) is 2. The third-order valence-electron chi connectivity index (χ3n) is 3.75. The van der Waals surface area contributed by atoms with Gasteiger partial charge in [0.1, 0.15) is 0 Å². The van der Waals surface area contributed by atoms with Gasteiger partial charge in [-0.1, -0.05) is 17.7 Å². The second-order valence-electron chi connectivity index (χ2n) is 5.44. The molecule has 0 radical (unpaired) electrons. The van der Waals surface area contributed by atoms with Crippen molar-refractivity contribution in [1.82, 2.24) is 4.72 Å². The molecule has 0 saturated carbocycles. The number of sulfonamides is 1. The summed E-state index contributed by atoms with van der Waals surface area (Å²) in [6, 6.07) is 10.5. The Kier molecular flexibility index (Phi) is 4.87. The average molecular weight is 332 g/mol. The Balaban J connectivity index is 2.39. The van der Waals surface area contributed by atoms with Crippen molar-refractivity contribution in [1.29, 1.82) is 0 Å². The summed E-state index contributed by atoms with van der Waals surface area (Å²) in [7, 11) is -2.27. The summed E-state index contributed by atoms with van der Waals surface area (Å²) in [6.45, 7) is 5.47. The van der Waals surface area contributed by atoms with Gasteiger partial charge in [-0.2, -0.15) is 0 Å². The number of benzene rings is 2. The maximum absolute atomic E-state index is 12.4. The molecule has 0 spiro atoms. The SMILES string of the molecule is CNS(=O)(=O)c1cc(C(=O)Nc2ccc(C)cc2)cc(C)c1C. The number of aryl methyl sites for hydroxylation is 2. The number of rotatable bonds is 4. The summed E-state index contributed by atoms with van der Waals surface area (Å²) >= 11 is 0. The lowest BCUT2D eigenvalue weighted by Gasteiger charge is -2.12. The van der Waals surface area contributed by atoms with Crippen molar-refractivity contribution in [3.63, 3.8) is 0 Å². The summed E-state index contributed by atoms with van der Waals surface area (Å²) in [5, 5.41) is 2.77. The Bertz CT molecular complexity index is 841. The highest BCUT2D eigenvalue weighted by Crippen LogP contribution is 2.22. The molecule has 0 saturated heterocycles. The third-order valence-corrected chi connectivity index (χ3v) is 5.29. The zero-order chi connectivity index (χ0) is 17.2. The molecular weight excluding hydrogens is 312 g/mol. The highest BCUT2D eigenvalue weighted by molar-refractivity contribution is 7.89. The first-order valence-corrected chi connectivity index (χ1v) is 8.65. The zero-order valence-corrected chi connectivity index (χ0v) is 14.4. The molecule has 5 nitrogen and oxygen atoms in total. The van der Waals surface area contributed by atoms with Crippen molar-refractivity contribution in [2.45, 2.75) is 25.7 Å². The Morgan fingerprint density at radius 2 is 1.61 bits per heavy atom. The molecule has 2 rings (SSSR count). The van der Waals surface area contributed by atoms with Gasteiger partial charge in [0.15, 0.2) is 0 Å². The van der Waals surface area contributed by atoms with Crippen LogP contribution in [-0.4, -0.2) is 21.4 Å². The van der Waals surface area contributed by atoms with Gasteiger partial charge >= 0.3 is 0 Å². The molecular formula is C17H20N2O3S. The van der Waals surface area contributed by atoms with Crippen LogP contribution >= 0.6 is 0 Å². The second kappa shape index (κ2) is 6.52. The van der Waals surface area contributed by atoms with Gasteiger partial charge in [0.05, 0.1) is 4.90 Å². The molecule has 0 aliphatic heterocycles. The number of nitrogens with one attached hydrogen (secondary N) is 2. The van der Waals surface area contributed by atoms with Crippen LogP contribution in [0.3, 0.4) is 0 Å². The Morgan fingerprint density at radius 1 is 1.00 bits per heavy atom. The van der Waals surface area contributed by atoms with E-state index in [1.54, 1.807) is 32.0 Å². The van der Waals surface area contributed by atoms with Crippen molar-refractivity contribution in [3.05, 3.63) is 58.7 Å². The fourth-order valence-electron chi connectivity index (χ4n) is 2.19. The van der Waals surface area contributed by atoms with Crippen LogP contribution in [0, 0.1) is 20.8 Å². The first kappa shape index (κ1) is 17.2. The molecule has 2 aromatic rings. The van der Waals surface area contributed by atoms with Crippen LogP contribution in [0.2, 0.25) is 0 Å². The van der Waals surface area contributed by atoms with E-state index >= 15 is 0 Å². The second-order valence-corrected chi connectivity index (χ2v) is 7.30. The van der Waals surface area contributed by atoms with E-state index in [9.17, 15) is 13.2 Å². The molecule has 0 heterocycles. The fourth-order valence-corrected chi connectivity index (χ4v) is 3.25. The molecule has 1 amide bonds. The molecule has 23 heavy (non-hydrogen) atoms. The Morgan fingerprint density at radius 3 is 2.17 bits per heavy atom. The lowest BCUT2D eigenvalue weighted by molar-refractivity contribution is 0.102. The highest BCUT2D eigenvalue weighted by atomic mass is 32.2. The van der Waals surface area contributed by atoms with Gasteiger partial charge in [-0.15, -0.1) is 0 Å². The number of hydrogen-bond acceptors (Lipinski definition) is 3. The Labute approximate surface area is 136 Å². The minimum Gasteiger partial charge on any atom is -0.322 e. The normalized spacial score (nSPS) is 11.3. The van der Waals surface area contributed by atoms with Crippen molar-refractivity contribution < 1.29 is 13.2 Å². The van der Waals surface area contributed by atoms with Gasteiger partial charge in [0, 0.05) is 11.3 Å². The predicted molar refractivity (Wildman–Crippen MR) is 91.3 cm³/mol. The smallest absolute Gasteiger partial charge is 0.255 e. The van der Waals surface area contributed by atoms with Crippen LogP contribution in [0.1, 0.15) is 27.0 Å². The predicted octanol–water partition coefficient (Wildman–Crippen LogP) is 2.77. The maximum atomic E-state index is 12.4. The number of carbonyl (C=O) groups excluding carboxylic acids is 1. The first-order valence-electron chi connectivity index (χ1n) is 7.17. The zero-order valence-electron chi connectivity index (χ0n) is 13.6. The standard InChI is InChI=1S/C17H20N2O3S/c1-11-5-7-15(8-6-11)19-17(20)14-9-12(2)13(3)16(10-14)23(21,22)18-4/h5-10,18H,1-4H3,(H,19,20). The quantitative estimate of drug-likeness (QED) is 0.904. The molecule has 0 aliphatic carbocycles. The van der Waals surface area contributed by atoms with Crippen molar-refractivity contribution in [3.8, 4) is 0 Å². The number of amides is 1. The minimum atomic E-state index is -3.62. The third kappa shape index (κ3) is 3.78. The van der Waals surface area contributed by atoms with Crippen LogP contribution < -0.4 is 10.0 Å². The molecule has 0 aliphatic rings. The van der Waals surface area contributed by atoms with E-state index in [0.29, 0.717) is 16.8 Å². The van der Waals surface area contributed by atoms with E-state index in [0.717, 1.165) is 11.1 Å². The van der Waals surface area contributed by atoms with E-state index in [1.807, 2.05) is 19.1 Å². The van der Waals surface area contributed by atoms with Gasteiger partial charge in [-0.05, 0) is 63.2 Å². The van der Waals surface area contributed by atoms with Gasteiger partial charge in [0.2, 0.25) is 10.0 Å². The monoisotopic (exact) mass is 332 g/mol. The van der Waals surface area contributed by atoms with Crippen LogP contribution in [0.5, 0.6) is 0 Å². The van der Waals surface area contributed by atoms with Gasteiger partial charge in [0.25, 0.3) is 5.91 Å². The summed E-state index contributed by atoms with van der Waals surface area (Å²) < 4.78 is 26.5. The van der Waals surface area contributed by atoms with E-state index < -0.39 is 10.0 Å². The molecule has 0 bridgehead atoms. The van der Waals surface area contributed by atoms with Crippen LogP contribution in [0.25, 0.3) is 0 Å². The van der Waals surface area contributed by atoms with Crippen LogP contribution in [-0.2, 0) is 10.0 Å². The van der Waals surface area contributed by atoms with E-state index in [4.69, 9.17) is 0 Å². The number of carbonyl (C=O) groups is 1. The van der Waals surface area contributed by atoms with Crippen molar-refractivity contribution in [2.24, 2.45) is 0 Å². The molecule has 2 N–H and O–H groups in total. The first-order chi connectivity index (χ1) is 10.7. The van der Waals surface area contributed by atoms with E-state index in [-0.39, 0.29) is 10.8 Å². The largest absolute Gasteiger partial charge is 0.322 e. The molecule has 122 valence electrons. The molecule has 2 aromatic carbocycles. The molecule has 0 aromatic heterocycles. The fraction of sp³-hybridized carbons (Fsp3) is 0.235. The topological polar surface area (TPSA) is 75.3 Å². The average Bonchev–Trinajstić information content (AvgIpc) is 2.51. The van der Waals surface area contributed by atoms with Crippen LogP contribution in [0.15, 0.2) is 41.3 Å². The maximum Gasteiger partial charge on any atom is 0.255 e. The molecule has 0 unspecified atom stereocenters. The van der Waals surface area contributed by atoms with Gasteiger partial charge in [-0.25, -0.2) is 13.1 Å².